The quantitative estimate of drug-likeness (QED) is 0.628. The molecule has 0 spiro atoms. The summed E-state index contributed by atoms with van der Waals surface area (Å²) in [6.07, 6.45) is 7.73. The molecule has 2 nitrogen and oxygen atoms in total. The third kappa shape index (κ3) is 2.88. The van der Waals surface area contributed by atoms with Gasteiger partial charge in [-0.15, -0.1) is 0 Å². The molecule has 0 aliphatic heterocycles. The first-order valence-corrected chi connectivity index (χ1v) is 8.87. The van der Waals surface area contributed by atoms with E-state index in [1.165, 1.54) is 32.1 Å². The molecule has 2 aromatic rings. The van der Waals surface area contributed by atoms with Crippen LogP contribution in [0.3, 0.4) is 0 Å². The third-order valence-corrected chi connectivity index (χ3v) is 5.72. The monoisotopic (exact) mass is 342 g/mol. The number of hydrogen-bond acceptors (Lipinski definition) is 1. The number of halogens is 2. The Morgan fingerprint density at radius 1 is 1.24 bits per heavy atom. The molecule has 1 heterocycles. The van der Waals surface area contributed by atoms with Gasteiger partial charge in [-0.3, -0.25) is 0 Å². The number of benzene rings is 1. The van der Waals surface area contributed by atoms with Crippen molar-refractivity contribution in [2.75, 3.05) is 0 Å². The van der Waals surface area contributed by atoms with Crippen molar-refractivity contribution >= 4 is 46.5 Å². The molecule has 0 amide bonds. The number of fused-ring (bicyclic) bond motifs is 1. The van der Waals surface area contributed by atoms with Crippen LogP contribution in [-0.2, 0) is 0 Å². The summed E-state index contributed by atoms with van der Waals surface area (Å²) in [5, 5.41) is 1.16. The molecule has 1 aromatic carbocycles. The summed E-state index contributed by atoms with van der Waals surface area (Å²) in [5.41, 5.74) is 2.05. The zero-order valence-electron chi connectivity index (χ0n) is 12.2. The molecule has 1 atom stereocenters. The molecular formula is C16H20Cl2N2S. The SMILES string of the molecule is CCC(C1CCCCC1)n1c(=S)[nH]c2cc(Cl)c(Cl)cc21. The Hall–Kier alpha value is -0.510. The molecule has 1 aromatic heterocycles. The van der Waals surface area contributed by atoms with Crippen LogP contribution in [0, 0.1) is 10.7 Å². The van der Waals surface area contributed by atoms with Crippen LogP contribution < -0.4 is 0 Å². The molecule has 1 aliphatic carbocycles. The third-order valence-electron chi connectivity index (χ3n) is 4.70. The summed E-state index contributed by atoms with van der Waals surface area (Å²) >= 11 is 17.9. The number of hydrogen-bond donors (Lipinski definition) is 1. The van der Waals surface area contributed by atoms with Gasteiger partial charge in [0.05, 0.1) is 21.1 Å². The largest absolute Gasteiger partial charge is 0.331 e. The van der Waals surface area contributed by atoms with Gasteiger partial charge < -0.3 is 9.55 Å². The molecular weight excluding hydrogens is 323 g/mol. The van der Waals surface area contributed by atoms with Gasteiger partial charge in [-0.1, -0.05) is 49.4 Å². The van der Waals surface area contributed by atoms with E-state index >= 15 is 0 Å². The number of aromatic nitrogens is 2. The molecule has 0 saturated heterocycles. The fraction of sp³-hybridized carbons (Fsp3) is 0.562. The fourth-order valence-corrected chi connectivity index (χ4v) is 4.36. The van der Waals surface area contributed by atoms with E-state index < -0.39 is 0 Å². The molecule has 3 rings (SSSR count). The van der Waals surface area contributed by atoms with E-state index in [-0.39, 0.29) is 0 Å². The van der Waals surface area contributed by atoms with Crippen molar-refractivity contribution in [3.05, 3.63) is 26.9 Å². The van der Waals surface area contributed by atoms with Crippen molar-refractivity contribution in [1.82, 2.24) is 9.55 Å². The van der Waals surface area contributed by atoms with Crippen LogP contribution in [0.25, 0.3) is 11.0 Å². The first-order chi connectivity index (χ1) is 10.1. The normalized spacial score (nSPS) is 18.2. The van der Waals surface area contributed by atoms with Crippen LogP contribution in [0.5, 0.6) is 0 Å². The van der Waals surface area contributed by atoms with Gasteiger partial charge in [0, 0.05) is 6.04 Å². The summed E-state index contributed by atoms with van der Waals surface area (Å²) in [6, 6.07) is 4.26. The minimum Gasteiger partial charge on any atom is -0.331 e. The zero-order valence-corrected chi connectivity index (χ0v) is 14.5. The molecule has 5 heteroatoms. The second kappa shape index (κ2) is 6.31. The molecule has 114 valence electrons. The maximum Gasteiger partial charge on any atom is 0.178 e. The van der Waals surface area contributed by atoms with Gasteiger partial charge in [0.25, 0.3) is 0 Å². The molecule has 1 fully saturated rings. The second-order valence-corrected chi connectivity index (χ2v) is 7.16. The molecule has 21 heavy (non-hydrogen) atoms. The molecule has 0 radical (unpaired) electrons. The number of H-pyrrole nitrogens is 1. The van der Waals surface area contributed by atoms with Crippen molar-refractivity contribution in [3.8, 4) is 0 Å². The van der Waals surface area contributed by atoms with Crippen molar-refractivity contribution < 1.29 is 0 Å². The van der Waals surface area contributed by atoms with Crippen molar-refractivity contribution in [1.29, 1.82) is 0 Å². The topological polar surface area (TPSA) is 20.7 Å². The second-order valence-electron chi connectivity index (χ2n) is 5.96. The summed E-state index contributed by atoms with van der Waals surface area (Å²) in [5.74, 6) is 0.712. The van der Waals surface area contributed by atoms with Crippen molar-refractivity contribution in [3.63, 3.8) is 0 Å². The van der Waals surface area contributed by atoms with E-state index in [1.54, 1.807) is 0 Å². The lowest BCUT2D eigenvalue weighted by molar-refractivity contribution is 0.245. The van der Waals surface area contributed by atoms with Gasteiger partial charge in [-0.2, -0.15) is 0 Å². The van der Waals surface area contributed by atoms with E-state index in [1.807, 2.05) is 12.1 Å². The lowest BCUT2D eigenvalue weighted by Gasteiger charge is -2.31. The lowest BCUT2D eigenvalue weighted by atomic mass is 9.83. The predicted octanol–water partition coefficient (Wildman–Crippen LogP) is 6.54. The summed E-state index contributed by atoms with van der Waals surface area (Å²) in [6.45, 7) is 2.25. The molecule has 0 bridgehead atoms. The number of nitrogens with zero attached hydrogens (tertiary/aromatic N) is 1. The fourth-order valence-electron chi connectivity index (χ4n) is 3.70. The number of aromatic amines is 1. The average Bonchev–Trinajstić information content (AvgIpc) is 2.78. The molecule has 1 N–H and O–H groups in total. The lowest BCUT2D eigenvalue weighted by Crippen LogP contribution is -2.21. The highest BCUT2D eigenvalue weighted by atomic mass is 35.5. The Morgan fingerprint density at radius 3 is 2.57 bits per heavy atom. The van der Waals surface area contributed by atoms with E-state index in [0.717, 1.165) is 22.2 Å². The number of imidazole rings is 1. The minimum atomic E-state index is 0.448. The molecule has 1 aliphatic rings. The van der Waals surface area contributed by atoms with Crippen LogP contribution in [0.4, 0.5) is 0 Å². The van der Waals surface area contributed by atoms with Gasteiger partial charge in [-0.05, 0) is 49.5 Å². The van der Waals surface area contributed by atoms with Gasteiger partial charge in [-0.25, -0.2) is 0 Å². The van der Waals surface area contributed by atoms with E-state index in [0.29, 0.717) is 22.0 Å². The smallest absolute Gasteiger partial charge is 0.178 e. The van der Waals surface area contributed by atoms with Gasteiger partial charge >= 0.3 is 0 Å². The van der Waals surface area contributed by atoms with Gasteiger partial charge in [0.1, 0.15) is 0 Å². The van der Waals surface area contributed by atoms with Gasteiger partial charge in [0.2, 0.25) is 0 Å². The summed E-state index contributed by atoms with van der Waals surface area (Å²) < 4.78 is 3.05. The average molecular weight is 343 g/mol. The minimum absolute atomic E-state index is 0.448. The van der Waals surface area contributed by atoms with E-state index in [4.69, 9.17) is 35.4 Å². The number of rotatable bonds is 3. The first kappa shape index (κ1) is 15.4. The Kier molecular flexibility index (Phi) is 4.63. The maximum absolute atomic E-state index is 6.21. The predicted molar refractivity (Wildman–Crippen MR) is 93.0 cm³/mol. The Bertz CT molecular complexity index is 698. The van der Waals surface area contributed by atoms with Crippen LogP contribution in [0.15, 0.2) is 12.1 Å². The zero-order chi connectivity index (χ0) is 15.0. The summed E-state index contributed by atoms with van der Waals surface area (Å²) in [4.78, 5) is 3.28. The van der Waals surface area contributed by atoms with E-state index in [2.05, 4.69) is 16.5 Å². The first-order valence-electron chi connectivity index (χ1n) is 7.71. The van der Waals surface area contributed by atoms with Crippen LogP contribution >= 0.6 is 35.4 Å². The molecule has 1 saturated carbocycles. The highest BCUT2D eigenvalue weighted by Gasteiger charge is 2.25. The summed E-state index contributed by atoms with van der Waals surface area (Å²) in [7, 11) is 0. The Morgan fingerprint density at radius 2 is 1.90 bits per heavy atom. The van der Waals surface area contributed by atoms with Crippen molar-refractivity contribution in [2.24, 2.45) is 5.92 Å². The standard InChI is InChI=1S/C16H20Cl2N2S/c1-2-14(10-6-4-3-5-7-10)20-15-9-12(18)11(17)8-13(15)19-16(20)21/h8-10,14H,2-7H2,1H3,(H,19,21). The Labute approximate surface area is 140 Å². The van der Waals surface area contributed by atoms with Gasteiger partial charge in [0.15, 0.2) is 4.77 Å². The van der Waals surface area contributed by atoms with E-state index in [9.17, 15) is 0 Å². The highest BCUT2D eigenvalue weighted by Crippen LogP contribution is 2.38. The Balaban J connectivity index is 2.11. The van der Waals surface area contributed by atoms with Crippen LogP contribution in [0.2, 0.25) is 10.0 Å². The van der Waals surface area contributed by atoms with Crippen LogP contribution in [0.1, 0.15) is 51.5 Å². The highest BCUT2D eigenvalue weighted by molar-refractivity contribution is 7.71. The number of nitrogens with one attached hydrogen (secondary N) is 1. The maximum atomic E-state index is 6.21. The molecule has 1 unspecified atom stereocenters. The van der Waals surface area contributed by atoms with Crippen LogP contribution in [-0.4, -0.2) is 9.55 Å². The van der Waals surface area contributed by atoms with Crippen molar-refractivity contribution in [2.45, 2.75) is 51.5 Å².